The Kier molecular flexibility index (Phi) is 11.4. The minimum Gasteiger partial charge on any atom is -0.493 e. The van der Waals surface area contributed by atoms with Crippen LogP contribution >= 0.6 is 7.82 Å². The normalized spacial score (nSPS) is 26.1. The average molecular weight is 714 g/mol. The first-order valence-electron chi connectivity index (χ1n) is 15.6. The smallest absolute Gasteiger partial charge is 0.493 e. The molecule has 2 aliphatic heterocycles. The maximum Gasteiger partial charge on any atom is 0.532 e. The number of anilines is 1. The highest BCUT2D eigenvalue weighted by atomic mass is 31.2. The van der Waals surface area contributed by atoms with Crippen LogP contribution in [0.25, 0.3) is 10.4 Å². The molecule has 0 bridgehead atoms. The molecule has 3 N–H and O–H groups in total. The van der Waals surface area contributed by atoms with Gasteiger partial charge in [0.05, 0.1) is 7.11 Å². The molecular weight excluding hydrogens is 677 g/mol. The van der Waals surface area contributed by atoms with Crippen LogP contribution in [0.15, 0.2) is 76.8 Å². The number of nitrogens with zero attached hydrogens (tertiary/aromatic N) is 5. The molecule has 3 aromatic rings. The molecule has 7 atom stereocenters. The second-order valence-electron chi connectivity index (χ2n) is 11.2. The number of methoxy groups -OCH3 is 1. The number of carbonyl (C=O) groups is 2. The van der Waals surface area contributed by atoms with Gasteiger partial charge in [0.2, 0.25) is 5.72 Å². The van der Waals surface area contributed by atoms with E-state index in [9.17, 15) is 24.5 Å². The number of unbranched alkanes of at least 4 members (excludes halogenated alkanes) is 1. The van der Waals surface area contributed by atoms with Crippen molar-refractivity contribution in [2.45, 2.75) is 76.1 Å². The summed E-state index contributed by atoms with van der Waals surface area (Å²) in [6, 6.07) is 15.2. The number of azide groups is 1. The SMILES string of the molecule is CCCCC(=O)O[C@H]1[C@H](n2ccc(N)nc2=O)O[C@@]2(N=[N+]=[N-])C(N[C@@H](C)C(=O)OCc3ccccc3)OP(=O)(Oc3ccccc3OC)O[C@@H]12. The lowest BCUT2D eigenvalue weighted by atomic mass is 10.0. The number of esters is 2. The molecule has 1 aromatic heterocycles. The van der Waals surface area contributed by atoms with Crippen LogP contribution in [0, 0.1) is 0 Å². The molecule has 0 spiro atoms. The summed E-state index contributed by atoms with van der Waals surface area (Å²) in [6.45, 7) is 3.22. The van der Waals surface area contributed by atoms with Crippen molar-refractivity contribution < 1.29 is 46.7 Å². The van der Waals surface area contributed by atoms with Crippen LogP contribution in [0.3, 0.4) is 0 Å². The van der Waals surface area contributed by atoms with Gasteiger partial charge in [0.15, 0.2) is 36.2 Å². The van der Waals surface area contributed by atoms with E-state index < -0.39 is 61.9 Å². The topological polar surface area (TPSA) is 238 Å². The van der Waals surface area contributed by atoms with Gasteiger partial charge in [-0.15, -0.1) is 0 Å². The summed E-state index contributed by atoms with van der Waals surface area (Å²) in [5.41, 5.74) is 12.9. The summed E-state index contributed by atoms with van der Waals surface area (Å²) in [4.78, 5) is 46.0. The molecule has 5 rings (SSSR count). The average Bonchev–Trinajstić information content (AvgIpc) is 3.39. The Hall–Kier alpha value is -4.96. The Labute approximate surface area is 286 Å². The highest BCUT2D eigenvalue weighted by Gasteiger charge is 2.69. The Balaban J connectivity index is 1.58. The zero-order valence-electron chi connectivity index (χ0n) is 27.3. The molecular formula is C31H36N7O11P. The van der Waals surface area contributed by atoms with Crippen LogP contribution in [-0.4, -0.2) is 58.8 Å². The van der Waals surface area contributed by atoms with Crippen LogP contribution < -0.4 is 26.0 Å². The summed E-state index contributed by atoms with van der Waals surface area (Å²) in [5, 5.41) is 6.67. The molecule has 19 heteroatoms. The van der Waals surface area contributed by atoms with E-state index in [-0.39, 0.29) is 30.3 Å². The summed E-state index contributed by atoms with van der Waals surface area (Å²) in [7, 11) is -3.47. The summed E-state index contributed by atoms with van der Waals surface area (Å²) in [5.74, 6) is -1.51. The standard InChI is InChI=1S/C31H36N7O11P/c1-4-5-15-24(39)45-25-26-31(36-37-33,46-27(25)38-17-16-23(32)35-30(38)41)29(34-19(2)28(40)44-18-20-11-7-6-8-12-20)49-50(42,48-26)47-22-14-10-9-13-21(22)43-3/h6-14,16-17,19,25-27,29,34H,4-5,15,18H2,1-3H3,(H2,32,35,41)/t19-,25+,26-,27+,29?,31+,50?/m0/s1. The van der Waals surface area contributed by atoms with Gasteiger partial charge in [0.1, 0.15) is 18.5 Å². The molecule has 0 radical (unpaired) electrons. The number of ether oxygens (including phenoxy) is 4. The van der Waals surface area contributed by atoms with E-state index in [1.165, 1.54) is 38.4 Å². The maximum atomic E-state index is 14.5. The monoisotopic (exact) mass is 713 g/mol. The fourth-order valence-corrected chi connectivity index (χ4v) is 6.82. The largest absolute Gasteiger partial charge is 0.532 e. The van der Waals surface area contributed by atoms with Gasteiger partial charge < -0.3 is 29.2 Å². The van der Waals surface area contributed by atoms with Crippen LogP contribution in [0.4, 0.5) is 5.82 Å². The highest BCUT2D eigenvalue weighted by molar-refractivity contribution is 7.49. The van der Waals surface area contributed by atoms with E-state index in [2.05, 4.69) is 20.3 Å². The van der Waals surface area contributed by atoms with Crippen molar-refractivity contribution in [1.29, 1.82) is 0 Å². The first kappa shape index (κ1) is 36.3. The van der Waals surface area contributed by atoms with Crippen molar-refractivity contribution in [1.82, 2.24) is 14.9 Å². The molecule has 2 saturated heterocycles. The highest BCUT2D eigenvalue weighted by Crippen LogP contribution is 2.62. The number of nitrogens with two attached hydrogens (primary N) is 1. The van der Waals surface area contributed by atoms with Gasteiger partial charge in [-0.25, -0.2) is 9.36 Å². The van der Waals surface area contributed by atoms with Crippen molar-refractivity contribution >= 4 is 25.6 Å². The molecule has 0 aliphatic carbocycles. The van der Waals surface area contributed by atoms with E-state index in [4.69, 9.17) is 38.3 Å². The first-order valence-corrected chi connectivity index (χ1v) is 17.0. The molecule has 3 heterocycles. The third-order valence-electron chi connectivity index (χ3n) is 7.74. The molecule has 2 fully saturated rings. The van der Waals surface area contributed by atoms with E-state index >= 15 is 0 Å². The summed E-state index contributed by atoms with van der Waals surface area (Å²) < 4.78 is 55.8. The fraction of sp³-hybridized carbons (Fsp3) is 0.419. The molecule has 50 heavy (non-hydrogen) atoms. The molecule has 0 amide bonds. The summed E-state index contributed by atoms with van der Waals surface area (Å²) in [6.07, 6.45) is -4.48. The van der Waals surface area contributed by atoms with E-state index in [1.807, 2.05) is 13.0 Å². The number of nitrogen functional groups attached to an aromatic ring is 1. The molecule has 2 aromatic carbocycles. The van der Waals surface area contributed by atoms with Crippen molar-refractivity contribution in [3.8, 4) is 11.5 Å². The lowest BCUT2D eigenvalue weighted by Gasteiger charge is -2.43. The molecule has 18 nitrogen and oxygen atoms in total. The number of fused-ring (bicyclic) bond motifs is 1. The Morgan fingerprint density at radius 2 is 1.88 bits per heavy atom. The third kappa shape index (κ3) is 7.91. The first-order chi connectivity index (χ1) is 24.0. The van der Waals surface area contributed by atoms with E-state index in [0.29, 0.717) is 18.4 Å². The van der Waals surface area contributed by atoms with Gasteiger partial charge in [-0.1, -0.05) is 60.9 Å². The molecule has 0 saturated carbocycles. The lowest BCUT2D eigenvalue weighted by Crippen LogP contribution is -2.63. The summed E-state index contributed by atoms with van der Waals surface area (Å²) >= 11 is 0. The number of nitrogens with one attached hydrogen (secondary N) is 1. The van der Waals surface area contributed by atoms with Gasteiger partial charge in [0.25, 0.3) is 0 Å². The Morgan fingerprint density at radius 1 is 1.16 bits per heavy atom. The number of phosphoric ester groups is 1. The van der Waals surface area contributed by atoms with Crippen molar-refractivity contribution in [2.24, 2.45) is 5.11 Å². The number of carbonyl (C=O) groups excluding carboxylic acids is 2. The van der Waals surface area contributed by atoms with E-state index in [1.54, 1.807) is 36.4 Å². The van der Waals surface area contributed by atoms with Gasteiger partial charge in [-0.05, 0) is 42.6 Å². The molecule has 266 valence electrons. The zero-order chi connectivity index (χ0) is 35.9. The Morgan fingerprint density at radius 3 is 2.56 bits per heavy atom. The van der Waals surface area contributed by atoms with Crippen LogP contribution in [-0.2, 0) is 44.0 Å². The zero-order valence-corrected chi connectivity index (χ0v) is 28.2. The number of hydrogen-bond acceptors (Lipinski definition) is 15. The number of hydrogen-bond donors (Lipinski definition) is 2. The van der Waals surface area contributed by atoms with Gasteiger partial charge >= 0.3 is 25.5 Å². The fourth-order valence-electron chi connectivity index (χ4n) is 5.27. The minimum absolute atomic E-state index is 0.0340. The predicted octanol–water partition coefficient (Wildman–Crippen LogP) is 4.12. The predicted molar refractivity (Wildman–Crippen MR) is 174 cm³/mol. The number of para-hydroxylation sites is 2. The van der Waals surface area contributed by atoms with Crippen LogP contribution in [0.5, 0.6) is 11.5 Å². The van der Waals surface area contributed by atoms with Crippen LogP contribution in [0.2, 0.25) is 0 Å². The van der Waals surface area contributed by atoms with Gasteiger partial charge in [0, 0.05) is 17.5 Å². The van der Waals surface area contributed by atoms with E-state index in [0.717, 1.165) is 4.57 Å². The van der Waals surface area contributed by atoms with Gasteiger partial charge in [-0.2, -0.15) is 4.98 Å². The maximum absolute atomic E-state index is 14.5. The van der Waals surface area contributed by atoms with Gasteiger partial charge in [-0.3, -0.25) is 28.5 Å². The third-order valence-corrected chi connectivity index (χ3v) is 9.11. The second-order valence-corrected chi connectivity index (χ2v) is 12.7. The quantitative estimate of drug-likeness (QED) is 0.0786. The van der Waals surface area contributed by atoms with Crippen molar-refractivity contribution in [3.63, 3.8) is 0 Å². The number of benzene rings is 2. The van der Waals surface area contributed by atoms with Crippen LogP contribution in [0.1, 0.15) is 44.9 Å². The minimum atomic E-state index is -4.83. The number of aromatic nitrogens is 2. The molecule has 2 aliphatic rings. The number of phosphoric acid groups is 1. The second kappa shape index (κ2) is 15.7. The molecule has 2 unspecified atom stereocenters. The number of rotatable bonds is 14. The Bertz CT molecular complexity index is 1840. The van der Waals surface area contributed by atoms with Crippen molar-refractivity contribution in [2.75, 3.05) is 12.8 Å². The lowest BCUT2D eigenvalue weighted by molar-refractivity contribution is -0.190. The van der Waals surface area contributed by atoms with Crippen molar-refractivity contribution in [3.05, 3.63) is 93.4 Å².